The van der Waals surface area contributed by atoms with Gasteiger partial charge >= 0.3 is 5.13 Å². The fourth-order valence-corrected chi connectivity index (χ4v) is 5.03. The molecule has 0 N–H and O–H groups in total. The summed E-state index contributed by atoms with van der Waals surface area (Å²) >= 11 is 1.48. The van der Waals surface area contributed by atoms with Gasteiger partial charge in [0.1, 0.15) is 11.4 Å². The fourth-order valence-electron chi connectivity index (χ4n) is 4.08. The summed E-state index contributed by atoms with van der Waals surface area (Å²) in [6.07, 6.45) is 0.476. The summed E-state index contributed by atoms with van der Waals surface area (Å²) in [6.45, 7) is 4.40. The van der Waals surface area contributed by atoms with E-state index in [1.54, 1.807) is 24.3 Å². The lowest BCUT2D eigenvalue weighted by Crippen LogP contribution is -2.37. The van der Waals surface area contributed by atoms with Crippen molar-refractivity contribution in [2.24, 2.45) is 0 Å². The summed E-state index contributed by atoms with van der Waals surface area (Å²) in [6, 6.07) is 21.5. The summed E-state index contributed by atoms with van der Waals surface area (Å²) in [4.78, 5) is 26.4. The second-order valence-corrected chi connectivity index (χ2v) is 8.80. The van der Waals surface area contributed by atoms with Gasteiger partial charge in [-0.05, 0) is 65.7 Å². The maximum atomic E-state index is 12.6. The molecule has 7 heteroatoms. The van der Waals surface area contributed by atoms with Gasteiger partial charge in [0.15, 0.2) is 5.01 Å². The van der Waals surface area contributed by atoms with Gasteiger partial charge < -0.3 is 0 Å². The van der Waals surface area contributed by atoms with Crippen LogP contribution in [0.2, 0.25) is 0 Å². The number of pyridine rings is 1. The molecule has 5 rings (SSSR count). The topological polar surface area (TPSA) is 67.0 Å². The summed E-state index contributed by atoms with van der Waals surface area (Å²) in [5.74, 6) is -0.485. The smallest absolute Gasteiger partial charge is 0.274 e. The van der Waals surface area contributed by atoms with Crippen molar-refractivity contribution in [2.75, 3.05) is 6.54 Å². The molecule has 0 atom stereocenters. The van der Waals surface area contributed by atoms with Crippen molar-refractivity contribution in [1.29, 1.82) is 0 Å². The van der Waals surface area contributed by atoms with Gasteiger partial charge in [0.2, 0.25) is 0 Å². The molecule has 1 aliphatic rings. The minimum Gasteiger partial charge on any atom is -0.274 e. The Morgan fingerprint density at radius 3 is 2.03 bits per heavy atom. The quantitative estimate of drug-likeness (QED) is 0.348. The van der Waals surface area contributed by atoms with Gasteiger partial charge in [0.25, 0.3) is 11.8 Å². The van der Waals surface area contributed by atoms with E-state index in [1.165, 1.54) is 21.8 Å². The molecule has 0 saturated carbocycles. The first-order chi connectivity index (χ1) is 15.5. The molecule has 4 aromatic rings. The van der Waals surface area contributed by atoms with Crippen molar-refractivity contribution in [3.63, 3.8) is 0 Å². The van der Waals surface area contributed by atoms with Gasteiger partial charge in [-0.2, -0.15) is 4.57 Å². The highest BCUT2D eigenvalue weighted by Gasteiger charge is 2.35. The highest BCUT2D eigenvalue weighted by Crippen LogP contribution is 2.24. The molecule has 2 aromatic carbocycles. The van der Waals surface area contributed by atoms with Crippen LogP contribution in [0.5, 0.6) is 0 Å². The molecule has 0 aliphatic carbocycles. The van der Waals surface area contributed by atoms with Crippen LogP contribution in [0.25, 0.3) is 16.3 Å². The van der Waals surface area contributed by atoms with Gasteiger partial charge in [-0.1, -0.05) is 42.5 Å². The van der Waals surface area contributed by atoms with E-state index in [1.807, 2.05) is 18.2 Å². The standard InChI is InChI=1S/C25H21N4O2S/c1-16-14-19(18-8-4-3-5-9-18)15-17(2)29(16)25-27-26-22(32-25)12-13-28-23(30)20-10-6-7-11-21(20)24(28)31/h3-11,14-15H,12-13H2,1-2H3/q+1. The Morgan fingerprint density at radius 1 is 0.812 bits per heavy atom. The number of hydrogen-bond donors (Lipinski definition) is 0. The van der Waals surface area contributed by atoms with Crippen LogP contribution in [0.4, 0.5) is 0 Å². The minimum atomic E-state index is -0.243. The zero-order valence-corrected chi connectivity index (χ0v) is 18.6. The van der Waals surface area contributed by atoms with Gasteiger partial charge in [-0.25, -0.2) is 0 Å². The Hall–Kier alpha value is -3.71. The molecule has 0 spiro atoms. The molecule has 3 heterocycles. The predicted molar refractivity (Wildman–Crippen MR) is 122 cm³/mol. The van der Waals surface area contributed by atoms with Crippen molar-refractivity contribution in [1.82, 2.24) is 15.1 Å². The lowest BCUT2D eigenvalue weighted by molar-refractivity contribution is -0.609. The van der Waals surface area contributed by atoms with Gasteiger partial charge in [-0.15, -0.1) is 0 Å². The van der Waals surface area contributed by atoms with Crippen molar-refractivity contribution in [3.8, 4) is 16.3 Å². The highest BCUT2D eigenvalue weighted by molar-refractivity contribution is 7.13. The van der Waals surface area contributed by atoms with Crippen molar-refractivity contribution in [3.05, 3.63) is 94.3 Å². The molecule has 0 radical (unpaired) electrons. The van der Waals surface area contributed by atoms with Gasteiger partial charge in [-0.3, -0.25) is 14.5 Å². The number of aryl methyl sites for hydroxylation is 2. The van der Waals surface area contributed by atoms with E-state index in [-0.39, 0.29) is 18.4 Å². The first-order valence-corrected chi connectivity index (χ1v) is 11.2. The minimum absolute atomic E-state index is 0.243. The van der Waals surface area contributed by atoms with Crippen LogP contribution < -0.4 is 4.57 Å². The molecule has 0 bridgehead atoms. The molecule has 158 valence electrons. The Kier molecular flexibility index (Phi) is 5.11. The number of imide groups is 1. The summed E-state index contributed by atoms with van der Waals surface area (Å²) in [5, 5.41) is 10.3. The lowest BCUT2D eigenvalue weighted by atomic mass is 10.0. The van der Waals surface area contributed by atoms with E-state index in [0.717, 1.165) is 27.1 Å². The van der Waals surface area contributed by atoms with Crippen molar-refractivity contribution < 1.29 is 14.2 Å². The van der Waals surface area contributed by atoms with E-state index in [2.05, 4.69) is 52.9 Å². The molecule has 0 fully saturated rings. The van der Waals surface area contributed by atoms with Crippen LogP contribution in [0.3, 0.4) is 0 Å². The Bertz CT molecular complexity index is 1290. The van der Waals surface area contributed by atoms with Gasteiger partial charge in [0, 0.05) is 13.0 Å². The number of carbonyl (C=O) groups is 2. The predicted octanol–water partition coefficient (Wildman–Crippen LogP) is 3.94. The molecular formula is C25H21N4O2S+. The van der Waals surface area contributed by atoms with Crippen LogP contribution in [0, 0.1) is 13.8 Å². The maximum absolute atomic E-state index is 12.6. The zero-order valence-electron chi connectivity index (χ0n) is 17.8. The lowest BCUT2D eigenvalue weighted by Gasteiger charge is -2.11. The first kappa shape index (κ1) is 20.2. The monoisotopic (exact) mass is 441 g/mol. The molecule has 2 amide bonds. The number of rotatable bonds is 5. The van der Waals surface area contributed by atoms with Crippen LogP contribution in [-0.4, -0.2) is 33.5 Å². The maximum Gasteiger partial charge on any atom is 0.415 e. The number of carbonyl (C=O) groups excluding carboxylic acids is 2. The van der Waals surface area contributed by atoms with E-state index in [9.17, 15) is 9.59 Å². The van der Waals surface area contributed by atoms with Crippen LogP contribution in [-0.2, 0) is 6.42 Å². The van der Waals surface area contributed by atoms with Crippen LogP contribution >= 0.6 is 11.3 Å². The third-order valence-corrected chi connectivity index (χ3v) is 6.58. The van der Waals surface area contributed by atoms with Crippen molar-refractivity contribution >= 4 is 23.2 Å². The van der Waals surface area contributed by atoms with Crippen LogP contribution in [0.15, 0.2) is 66.7 Å². The third-order valence-electron chi connectivity index (χ3n) is 5.62. The first-order valence-electron chi connectivity index (χ1n) is 10.4. The Morgan fingerprint density at radius 2 is 1.41 bits per heavy atom. The number of hydrogen-bond acceptors (Lipinski definition) is 5. The van der Waals surface area contributed by atoms with E-state index < -0.39 is 0 Å². The van der Waals surface area contributed by atoms with Crippen LogP contribution in [0.1, 0.15) is 37.1 Å². The summed E-state index contributed by atoms with van der Waals surface area (Å²) in [7, 11) is 0. The molecule has 2 aromatic heterocycles. The van der Waals surface area contributed by atoms with E-state index >= 15 is 0 Å². The average Bonchev–Trinajstić information content (AvgIpc) is 3.36. The molecule has 0 saturated heterocycles. The summed E-state index contributed by atoms with van der Waals surface area (Å²) in [5.41, 5.74) is 5.39. The normalized spacial score (nSPS) is 13.0. The molecular weight excluding hydrogens is 420 g/mol. The largest absolute Gasteiger partial charge is 0.415 e. The number of nitrogens with zero attached hydrogens (tertiary/aromatic N) is 4. The fraction of sp³-hybridized carbons (Fsp3) is 0.160. The summed E-state index contributed by atoms with van der Waals surface area (Å²) < 4.78 is 2.08. The number of benzene rings is 2. The van der Waals surface area contributed by atoms with E-state index in [0.29, 0.717) is 17.5 Å². The number of aromatic nitrogens is 3. The van der Waals surface area contributed by atoms with Crippen molar-refractivity contribution in [2.45, 2.75) is 20.3 Å². The van der Waals surface area contributed by atoms with E-state index in [4.69, 9.17) is 0 Å². The second kappa shape index (κ2) is 8.09. The Labute approximate surface area is 189 Å². The second-order valence-electron chi connectivity index (χ2n) is 7.76. The average molecular weight is 442 g/mol. The number of fused-ring (bicyclic) bond motifs is 1. The number of amides is 2. The molecule has 1 aliphatic heterocycles. The third kappa shape index (κ3) is 3.50. The zero-order chi connectivity index (χ0) is 22.2. The SMILES string of the molecule is Cc1cc(-c2ccccc2)cc(C)[n+]1-c1nnc(CCN2C(=O)c3ccccc3C2=O)s1. The molecule has 0 unspecified atom stereocenters. The van der Waals surface area contributed by atoms with Gasteiger partial charge in [0.05, 0.1) is 16.2 Å². The Balaban J connectivity index is 1.35. The highest BCUT2D eigenvalue weighted by atomic mass is 32.1. The molecule has 32 heavy (non-hydrogen) atoms. The molecule has 6 nitrogen and oxygen atoms in total.